The lowest BCUT2D eigenvalue weighted by molar-refractivity contribution is 0.0855. The number of methoxy groups -OCH3 is 1. The summed E-state index contributed by atoms with van der Waals surface area (Å²) in [7, 11) is 0.393. The van der Waals surface area contributed by atoms with Crippen LogP contribution in [-0.4, -0.2) is 21.1 Å². The van der Waals surface area contributed by atoms with Crippen LogP contribution in [0, 0.1) is 11.2 Å². The van der Waals surface area contributed by atoms with E-state index >= 15 is 0 Å². The fourth-order valence-corrected chi connectivity index (χ4v) is 5.39. The van der Waals surface area contributed by atoms with Crippen LogP contribution < -0.4 is 0 Å². The number of ether oxygens (including phenoxy) is 1. The number of nitrogens with zero attached hydrogens (tertiary/aromatic N) is 1. The number of halogens is 1. The summed E-state index contributed by atoms with van der Waals surface area (Å²) in [5, 5.41) is 0. The Labute approximate surface area is 189 Å². The van der Waals surface area contributed by atoms with Crippen LogP contribution in [0.5, 0.6) is 0 Å². The average molecular weight is 444 g/mol. The fraction of sp³-hybridized carbons (Fsp3) is 0.577. The van der Waals surface area contributed by atoms with E-state index in [1.807, 2.05) is 12.1 Å². The SMILES string of the molecule is COCc1c(C(C)C)nc(C2CC2)c(C(O[SiH](C)C)C(C)(C)C)c1-c1ccc(F)cc1. The second kappa shape index (κ2) is 9.51. The van der Waals surface area contributed by atoms with E-state index < -0.39 is 9.04 Å². The number of hydrogen-bond donors (Lipinski definition) is 0. The number of hydrogen-bond acceptors (Lipinski definition) is 3. The zero-order valence-corrected chi connectivity index (χ0v) is 21.5. The van der Waals surface area contributed by atoms with Gasteiger partial charge in [-0.1, -0.05) is 46.8 Å². The highest BCUT2D eigenvalue weighted by molar-refractivity contribution is 6.48. The highest BCUT2D eigenvalue weighted by atomic mass is 28.3. The van der Waals surface area contributed by atoms with Gasteiger partial charge in [0.25, 0.3) is 0 Å². The third kappa shape index (κ3) is 5.44. The van der Waals surface area contributed by atoms with Crippen LogP contribution >= 0.6 is 0 Å². The largest absolute Gasteiger partial charge is 0.413 e. The van der Waals surface area contributed by atoms with Gasteiger partial charge in [-0.2, -0.15) is 0 Å². The molecule has 0 spiro atoms. The second-order valence-corrected chi connectivity index (χ2v) is 12.8. The summed E-state index contributed by atoms with van der Waals surface area (Å²) in [6.45, 7) is 16.0. The first-order valence-corrected chi connectivity index (χ1v) is 14.3. The summed E-state index contributed by atoms with van der Waals surface area (Å²) < 4.78 is 26.2. The molecule has 0 saturated heterocycles. The lowest BCUT2D eigenvalue weighted by atomic mass is 9.78. The Morgan fingerprint density at radius 3 is 2.19 bits per heavy atom. The molecule has 1 atom stereocenters. The molecule has 1 saturated carbocycles. The first kappa shape index (κ1) is 24.1. The summed E-state index contributed by atoms with van der Waals surface area (Å²) in [4.78, 5) is 5.28. The Hall–Kier alpha value is -1.56. The van der Waals surface area contributed by atoms with E-state index in [1.165, 1.54) is 24.1 Å². The van der Waals surface area contributed by atoms with Crippen LogP contribution in [0.15, 0.2) is 24.3 Å². The van der Waals surface area contributed by atoms with Crippen molar-refractivity contribution in [2.45, 2.75) is 85.1 Å². The normalized spacial score (nSPS) is 15.7. The zero-order valence-electron chi connectivity index (χ0n) is 20.4. The lowest BCUT2D eigenvalue weighted by Crippen LogP contribution is -2.28. The van der Waals surface area contributed by atoms with Crippen molar-refractivity contribution in [2.75, 3.05) is 7.11 Å². The van der Waals surface area contributed by atoms with Crippen molar-refractivity contribution < 1.29 is 13.6 Å². The first-order chi connectivity index (χ1) is 14.5. The maximum Gasteiger partial charge on any atom is 0.171 e. The molecule has 0 aliphatic heterocycles. The molecule has 1 aliphatic carbocycles. The molecule has 3 nitrogen and oxygen atoms in total. The molecular formula is C26H38FNO2Si. The van der Waals surface area contributed by atoms with Gasteiger partial charge in [-0.3, -0.25) is 4.98 Å². The van der Waals surface area contributed by atoms with Gasteiger partial charge in [-0.05, 0) is 60.5 Å². The summed E-state index contributed by atoms with van der Waals surface area (Å²) in [5.74, 6) is 0.521. The third-order valence-corrected chi connectivity index (χ3v) is 6.60. The van der Waals surface area contributed by atoms with Crippen molar-refractivity contribution >= 4 is 9.04 Å². The van der Waals surface area contributed by atoms with Crippen molar-refractivity contribution in [1.82, 2.24) is 4.98 Å². The zero-order chi connectivity index (χ0) is 22.9. The van der Waals surface area contributed by atoms with E-state index in [9.17, 15) is 4.39 Å². The molecule has 0 N–H and O–H groups in total. The minimum Gasteiger partial charge on any atom is -0.413 e. The molecule has 5 heteroatoms. The molecule has 0 amide bonds. The maximum absolute atomic E-state index is 13.8. The van der Waals surface area contributed by atoms with E-state index in [0.717, 1.165) is 22.4 Å². The standard InChI is InChI=1S/C26H38FNO2Si/c1-16(2)23-20(15-29-6)21(17-11-13-19(27)14-12-17)22(24(28-23)18-9-10-18)25(26(3,4)5)30-31(7)8/h11-14,16,18,25,31H,9-10,15H2,1-8H3. The van der Waals surface area contributed by atoms with Gasteiger partial charge >= 0.3 is 0 Å². The summed E-state index contributed by atoms with van der Waals surface area (Å²) >= 11 is 0. The van der Waals surface area contributed by atoms with Crippen molar-refractivity contribution in [1.29, 1.82) is 0 Å². The Morgan fingerprint density at radius 2 is 1.74 bits per heavy atom. The average Bonchev–Trinajstić information content (AvgIpc) is 3.50. The van der Waals surface area contributed by atoms with Crippen molar-refractivity contribution in [3.05, 3.63) is 52.6 Å². The van der Waals surface area contributed by atoms with Gasteiger partial charge in [0.2, 0.25) is 0 Å². The molecule has 1 aromatic carbocycles. The van der Waals surface area contributed by atoms with Crippen LogP contribution in [0.2, 0.25) is 13.1 Å². The minimum atomic E-state index is -1.34. The maximum atomic E-state index is 13.8. The highest BCUT2D eigenvalue weighted by Crippen LogP contribution is 2.51. The highest BCUT2D eigenvalue weighted by Gasteiger charge is 2.39. The molecule has 1 unspecified atom stereocenters. The molecule has 0 bridgehead atoms. The van der Waals surface area contributed by atoms with E-state index in [4.69, 9.17) is 14.1 Å². The molecule has 1 heterocycles. The third-order valence-electron chi connectivity index (χ3n) is 5.79. The molecule has 1 fully saturated rings. The van der Waals surface area contributed by atoms with E-state index in [1.54, 1.807) is 19.2 Å². The van der Waals surface area contributed by atoms with E-state index in [2.05, 4.69) is 47.7 Å². The Balaban J connectivity index is 2.43. The fourth-order valence-electron chi connectivity index (χ4n) is 4.30. The topological polar surface area (TPSA) is 31.4 Å². The molecule has 3 rings (SSSR count). The van der Waals surface area contributed by atoms with Crippen molar-refractivity contribution in [3.63, 3.8) is 0 Å². The number of pyridine rings is 1. The van der Waals surface area contributed by atoms with Gasteiger partial charge in [-0.15, -0.1) is 0 Å². The molecule has 0 radical (unpaired) electrons. The van der Waals surface area contributed by atoms with Crippen molar-refractivity contribution in [2.24, 2.45) is 5.41 Å². The Bertz CT molecular complexity index is 899. The molecular weight excluding hydrogens is 405 g/mol. The van der Waals surface area contributed by atoms with Gasteiger partial charge in [0.05, 0.1) is 18.4 Å². The van der Waals surface area contributed by atoms with Crippen LogP contribution in [0.3, 0.4) is 0 Å². The molecule has 2 aromatic rings. The Kier molecular flexibility index (Phi) is 7.39. The van der Waals surface area contributed by atoms with E-state index in [-0.39, 0.29) is 23.3 Å². The minimum absolute atomic E-state index is 0.0702. The van der Waals surface area contributed by atoms with Crippen LogP contribution in [0.1, 0.15) is 87.9 Å². The molecule has 1 aliphatic rings. The quantitative estimate of drug-likeness (QED) is 0.407. The van der Waals surface area contributed by atoms with Crippen molar-refractivity contribution in [3.8, 4) is 11.1 Å². The van der Waals surface area contributed by atoms with Gasteiger partial charge in [-0.25, -0.2) is 4.39 Å². The van der Waals surface area contributed by atoms with Gasteiger partial charge in [0.15, 0.2) is 9.04 Å². The summed E-state index contributed by atoms with van der Waals surface area (Å²) in [6.07, 6.45) is 2.26. The lowest BCUT2D eigenvalue weighted by Gasteiger charge is -2.37. The van der Waals surface area contributed by atoms with Crippen LogP contribution in [0.4, 0.5) is 4.39 Å². The van der Waals surface area contributed by atoms with Gasteiger partial charge in [0.1, 0.15) is 5.82 Å². The van der Waals surface area contributed by atoms with E-state index in [0.29, 0.717) is 12.5 Å². The van der Waals surface area contributed by atoms with Crippen LogP contribution in [-0.2, 0) is 15.8 Å². The molecule has 31 heavy (non-hydrogen) atoms. The first-order valence-electron chi connectivity index (χ1n) is 11.5. The van der Waals surface area contributed by atoms with Crippen LogP contribution in [0.25, 0.3) is 11.1 Å². The monoisotopic (exact) mass is 443 g/mol. The van der Waals surface area contributed by atoms with Gasteiger partial charge < -0.3 is 9.16 Å². The number of rotatable bonds is 8. The molecule has 170 valence electrons. The predicted molar refractivity (Wildman–Crippen MR) is 129 cm³/mol. The summed E-state index contributed by atoms with van der Waals surface area (Å²) in [5.41, 5.74) is 6.61. The number of benzene rings is 1. The summed E-state index contributed by atoms with van der Waals surface area (Å²) in [6, 6.07) is 6.87. The number of aromatic nitrogens is 1. The smallest absolute Gasteiger partial charge is 0.171 e. The Morgan fingerprint density at radius 1 is 1.13 bits per heavy atom. The molecule has 1 aromatic heterocycles. The van der Waals surface area contributed by atoms with Gasteiger partial charge in [0, 0.05) is 29.8 Å². The predicted octanol–water partition coefficient (Wildman–Crippen LogP) is 7.12. The second-order valence-electron chi connectivity index (χ2n) is 10.4.